The highest BCUT2D eigenvalue weighted by Crippen LogP contribution is 2.57. The van der Waals surface area contributed by atoms with Crippen molar-refractivity contribution in [2.45, 2.75) is 25.1 Å². The molecule has 2 aliphatic rings. The van der Waals surface area contributed by atoms with E-state index >= 15 is 0 Å². The Labute approximate surface area is 167 Å². The van der Waals surface area contributed by atoms with Crippen LogP contribution in [0.3, 0.4) is 0 Å². The van der Waals surface area contributed by atoms with E-state index in [1.807, 2.05) is 18.3 Å². The molecule has 1 aliphatic carbocycles. The monoisotopic (exact) mass is 407 g/mol. The number of hydrogen-bond acceptors (Lipinski definition) is 5. The molecule has 0 aromatic carbocycles. The summed E-state index contributed by atoms with van der Waals surface area (Å²) >= 11 is 0. The minimum atomic E-state index is -4.40. The van der Waals surface area contributed by atoms with E-state index in [0.29, 0.717) is 19.1 Å². The van der Waals surface area contributed by atoms with E-state index in [4.69, 9.17) is 9.47 Å². The fourth-order valence-electron chi connectivity index (χ4n) is 4.52. The lowest BCUT2D eigenvalue weighted by atomic mass is 9.55. The van der Waals surface area contributed by atoms with Crippen LogP contribution in [-0.2, 0) is 15.7 Å². The lowest BCUT2D eigenvalue weighted by molar-refractivity contribution is -0.141. The van der Waals surface area contributed by atoms with Crippen molar-refractivity contribution in [3.05, 3.63) is 54.1 Å². The Morgan fingerprint density at radius 3 is 2.55 bits per heavy atom. The van der Waals surface area contributed by atoms with Gasteiger partial charge in [0.25, 0.3) is 0 Å². The Bertz CT molecular complexity index is 800. The normalized spacial score (nSPS) is 19.7. The Balaban J connectivity index is 1.34. The number of nitrogens with zero attached hydrogens (tertiary/aromatic N) is 3. The van der Waals surface area contributed by atoms with Crippen molar-refractivity contribution >= 4 is 5.69 Å². The first-order valence-electron chi connectivity index (χ1n) is 9.69. The summed E-state index contributed by atoms with van der Waals surface area (Å²) in [6.45, 7) is 2.76. The highest BCUT2D eigenvalue weighted by molar-refractivity contribution is 5.49. The third kappa shape index (κ3) is 4.23. The first kappa shape index (κ1) is 20.1. The third-order valence-corrected chi connectivity index (χ3v) is 5.87. The van der Waals surface area contributed by atoms with Gasteiger partial charge in [0.1, 0.15) is 5.69 Å². The summed E-state index contributed by atoms with van der Waals surface area (Å²) in [5.41, 5.74) is 1.19. The summed E-state index contributed by atoms with van der Waals surface area (Å²) in [5, 5.41) is 0. The van der Waals surface area contributed by atoms with Crippen LogP contribution in [0.2, 0.25) is 0 Å². The van der Waals surface area contributed by atoms with Crippen molar-refractivity contribution in [2.24, 2.45) is 11.3 Å². The van der Waals surface area contributed by atoms with E-state index in [0.717, 1.165) is 43.2 Å². The molecule has 0 amide bonds. The van der Waals surface area contributed by atoms with Crippen molar-refractivity contribution in [3.8, 4) is 0 Å². The highest BCUT2D eigenvalue weighted by atomic mass is 19.4. The molecule has 29 heavy (non-hydrogen) atoms. The van der Waals surface area contributed by atoms with Crippen molar-refractivity contribution in [2.75, 3.05) is 38.3 Å². The van der Waals surface area contributed by atoms with E-state index < -0.39 is 11.9 Å². The molecule has 2 aromatic heterocycles. The van der Waals surface area contributed by atoms with Crippen molar-refractivity contribution in [3.63, 3.8) is 0 Å². The van der Waals surface area contributed by atoms with E-state index in [-0.39, 0.29) is 11.5 Å². The van der Waals surface area contributed by atoms with Crippen LogP contribution in [0, 0.1) is 11.3 Å². The zero-order valence-corrected chi connectivity index (χ0v) is 16.2. The van der Waals surface area contributed by atoms with Crippen molar-refractivity contribution < 1.29 is 22.6 Å². The van der Waals surface area contributed by atoms with Crippen LogP contribution >= 0.6 is 0 Å². The van der Waals surface area contributed by atoms with E-state index in [1.54, 1.807) is 13.3 Å². The maximum absolute atomic E-state index is 12.7. The van der Waals surface area contributed by atoms with Gasteiger partial charge in [-0.1, -0.05) is 6.07 Å². The van der Waals surface area contributed by atoms with Crippen molar-refractivity contribution in [1.29, 1.82) is 0 Å². The standard InChI is InChI=1S/C21H24F3N3O2/c1-28-7-8-29-19(15-3-2-6-25-11-15)16-9-20(10-16)13-27(14-20)17-4-5-18(26-12-17)21(22,23)24/h2-6,11-12,16,19H,7-10,13-14H2,1H3. The van der Waals surface area contributed by atoms with Crippen LogP contribution < -0.4 is 4.90 Å². The molecule has 1 aliphatic heterocycles. The van der Waals surface area contributed by atoms with Crippen LogP contribution in [0.4, 0.5) is 18.9 Å². The van der Waals surface area contributed by atoms with Crippen LogP contribution in [0.1, 0.15) is 30.2 Å². The van der Waals surface area contributed by atoms with Crippen LogP contribution in [-0.4, -0.2) is 43.4 Å². The van der Waals surface area contributed by atoms with E-state index in [2.05, 4.69) is 14.9 Å². The summed E-state index contributed by atoms with van der Waals surface area (Å²) < 4.78 is 49.2. The molecule has 1 spiro atoms. The predicted octanol–water partition coefficient (Wildman–Crippen LogP) is 4.12. The number of rotatable bonds is 7. The van der Waals surface area contributed by atoms with Gasteiger partial charge in [0.15, 0.2) is 0 Å². The van der Waals surface area contributed by atoms with Crippen LogP contribution in [0.5, 0.6) is 0 Å². The average Bonchev–Trinajstić information content (AvgIpc) is 2.65. The molecule has 0 N–H and O–H groups in total. The minimum Gasteiger partial charge on any atom is -0.382 e. The Hall–Kier alpha value is -2.19. The Morgan fingerprint density at radius 2 is 1.97 bits per heavy atom. The molecule has 5 nitrogen and oxygen atoms in total. The number of alkyl halides is 3. The van der Waals surface area contributed by atoms with Crippen LogP contribution in [0.15, 0.2) is 42.9 Å². The number of aromatic nitrogens is 2. The van der Waals surface area contributed by atoms with Gasteiger partial charge in [-0.15, -0.1) is 0 Å². The zero-order chi connectivity index (χ0) is 20.5. The molecule has 1 saturated carbocycles. The molecule has 0 bridgehead atoms. The molecule has 2 aromatic rings. The molecule has 8 heteroatoms. The Kier molecular flexibility index (Phi) is 5.48. The van der Waals surface area contributed by atoms with Crippen molar-refractivity contribution in [1.82, 2.24) is 9.97 Å². The second kappa shape index (κ2) is 7.91. The van der Waals surface area contributed by atoms with Gasteiger partial charge >= 0.3 is 6.18 Å². The highest BCUT2D eigenvalue weighted by Gasteiger charge is 2.54. The number of methoxy groups -OCH3 is 1. The topological polar surface area (TPSA) is 47.5 Å². The molecule has 3 heterocycles. The second-order valence-corrected chi connectivity index (χ2v) is 7.99. The van der Waals surface area contributed by atoms with E-state index in [1.165, 1.54) is 12.3 Å². The predicted molar refractivity (Wildman–Crippen MR) is 101 cm³/mol. The second-order valence-electron chi connectivity index (χ2n) is 7.99. The number of halogens is 3. The van der Waals surface area contributed by atoms with Gasteiger partial charge in [0.05, 0.1) is 31.2 Å². The number of pyridine rings is 2. The minimum absolute atomic E-state index is 0.00809. The molecule has 1 unspecified atom stereocenters. The third-order valence-electron chi connectivity index (χ3n) is 5.87. The number of anilines is 1. The average molecular weight is 407 g/mol. The molecular weight excluding hydrogens is 383 g/mol. The fraction of sp³-hybridized carbons (Fsp3) is 0.524. The zero-order valence-electron chi connectivity index (χ0n) is 16.2. The van der Waals surface area contributed by atoms with Gasteiger partial charge in [0, 0.05) is 38.0 Å². The molecule has 1 atom stereocenters. The smallest absolute Gasteiger partial charge is 0.382 e. The maximum Gasteiger partial charge on any atom is 0.433 e. The first-order chi connectivity index (χ1) is 13.9. The molecular formula is C21H24F3N3O2. The summed E-state index contributed by atoms with van der Waals surface area (Å²) in [4.78, 5) is 9.87. The lowest BCUT2D eigenvalue weighted by Crippen LogP contribution is -2.63. The molecule has 0 radical (unpaired) electrons. The quantitative estimate of drug-likeness (QED) is 0.647. The summed E-state index contributed by atoms with van der Waals surface area (Å²) in [5.74, 6) is 0.406. The van der Waals surface area contributed by atoms with Gasteiger partial charge in [-0.05, 0) is 42.5 Å². The van der Waals surface area contributed by atoms with Gasteiger partial charge in [0.2, 0.25) is 0 Å². The van der Waals surface area contributed by atoms with E-state index in [9.17, 15) is 13.2 Å². The SMILES string of the molecule is COCCOC(c1cccnc1)C1CC2(C1)CN(c1ccc(C(F)(F)F)nc1)C2. The number of hydrogen-bond donors (Lipinski definition) is 0. The van der Waals surface area contributed by atoms with Gasteiger partial charge in [-0.25, -0.2) is 4.98 Å². The molecule has 2 fully saturated rings. The summed E-state index contributed by atoms with van der Waals surface area (Å²) in [6, 6.07) is 6.51. The number of ether oxygens (including phenoxy) is 2. The molecule has 4 rings (SSSR count). The van der Waals surface area contributed by atoms with Gasteiger partial charge < -0.3 is 14.4 Å². The maximum atomic E-state index is 12.7. The summed E-state index contributed by atoms with van der Waals surface area (Å²) in [6.07, 6.45) is 2.57. The van der Waals surface area contributed by atoms with Gasteiger partial charge in [-0.3, -0.25) is 4.98 Å². The first-order valence-corrected chi connectivity index (χ1v) is 9.69. The largest absolute Gasteiger partial charge is 0.433 e. The van der Waals surface area contributed by atoms with Gasteiger partial charge in [-0.2, -0.15) is 13.2 Å². The Morgan fingerprint density at radius 1 is 1.17 bits per heavy atom. The molecule has 1 saturated heterocycles. The summed E-state index contributed by atoms with van der Waals surface area (Å²) in [7, 11) is 1.65. The fourth-order valence-corrected chi connectivity index (χ4v) is 4.52. The van der Waals surface area contributed by atoms with Crippen LogP contribution in [0.25, 0.3) is 0 Å². The molecule has 156 valence electrons. The lowest BCUT2D eigenvalue weighted by Gasteiger charge is -2.61.